The third kappa shape index (κ3) is 1.51. The second kappa shape index (κ2) is 3.18. The standard InChI is InChI=1S/C8H8N2O2/c1-6-2-3-8(10(11)12)4-7(6)5-9/h2-4,6-7H,1H3. The quantitative estimate of drug-likeness (QED) is 0.435. The molecule has 1 aliphatic carbocycles. The monoisotopic (exact) mass is 164 g/mol. The maximum atomic E-state index is 10.3. The third-order valence-electron chi connectivity index (χ3n) is 1.85. The van der Waals surface area contributed by atoms with E-state index in [1.807, 2.05) is 13.0 Å². The fraction of sp³-hybridized carbons (Fsp3) is 0.375. The first-order valence-corrected chi connectivity index (χ1v) is 3.59. The third-order valence-corrected chi connectivity index (χ3v) is 1.85. The first-order chi connectivity index (χ1) is 5.65. The molecule has 0 heterocycles. The molecule has 4 heteroatoms. The van der Waals surface area contributed by atoms with Gasteiger partial charge in [0.15, 0.2) is 0 Å². The molecule has 0 amide bonds. The van der Waals surface area contributed by atoms with Gasteiger partial charge in [-0.1, -0.05) is 13.0 Å². The molecule has 0 N–H and O–H groups in total. The van der Waals surface area contributed by atoms with Gasteiger partial charge in [-0.2, -0.15) is 5.26 Å². The highest BCUT2D eigenvalue weighted by atomic mass is 16.6. The summed E-state index contributed by atoms with van der Waals surface area (Å²) in [6.45, 7) is 1.86. The van der Waals surface area contributed by atoms with Gasteiger partial charge in [0, 0.05) is 12.2 Å². The molecule has 62 valence electrons. The van der Waals surface area contributed by atoms with Crippen LogP contribution in [0.1, 0.15) is 6.92 Å². The van der Waals surface area contributed by atoms with Crippen molar-refractivity contribution in [3.05, 3.63) is 34.0 Å². The molecule has 2 atom stereocenters. The summed E-state index contributed by atoms with van der Waals surface area (Å²) in [6, 6.07) is 2.01. The molecule has 0 fully saturated rings. The van der Waals surface area contributed by atoms with Crippen LogP contribution in [0.4, 0.5) is 0 Å². The molecule has 0 bridgehead atoms. The zero-order chi connectivity index (χ0) is 9.14. The Bertz CT molecular complexity index is 299. The Hall–Kier alpha value is -1.63. The summed E-state index contributed by atoms with van der Waals surface area (Å²) in [6.07, 6.45) is 4.52. The van der Waals surface area contributed by atoms with E-state index in [-0.39, 0.29) is 17.5 Å². The molecule has 1 rings (SSSR count). The number of rotatable bonds is 1. The van der Waals surface area contributed by atoms with Crippen molar-refractivity contribution in [2.24, 2.45) is 11.8 Å². The van der Waals surface area contributed by atoms with Gasteiger partial charge in [0.05, 0.1) is 16.9 Å². The smallest absolute Gasteiger partial charge is 0.258 e. The van der Waals surface area contributed by atoms with Gasteiger partial charge in [-0.25, -0.2) is 0 Å². The molecule has 4 nitrogen and oxygen atoms in total. The summed E-state index contributed by atoms with van der Waals surface area (Å²) in [5, 5.41) is 18.9. The molecule has 0 aliphatic heterocycles. The van der Waals surface area contributed by atoms with Gasteiger partial charge in [0.25, 0.3) is 5.70 Å². The van der Waals surface area contributed by atoms with E-state index in [0.717, 1.165) is 0 Å². The summed E-state index contributed by atoms with van der Waals surface area (Å²) in [4.78, 5) is 9.82. The van der Waals surface area contributed by atoms with Gasteiger partial charge in [0.1, 0.15) is 0 Å². The fourth-order valence-corrected chi connectivity index (χ4v) is 1.04. The van der Waals surface area contributed by atoms with E-state index in [1.165, 1.54) is 12.2 Å². The number of nitriles is 1. The minimum Gasteiger partial charge on any atom is -0.258 e. The molecule has 2 unspecified atom stereocenters. The fourth-order valence-electron chi connectivity index (χ4n) is 1.04. The number of nitro groups is 1. The van der Waals surface area contributed by atoms with Gasteiger partial charge >= 0.3 is 0 Å². The second-order valence-corrected chi connectivity index (χ2v) is 2.72. The van der Waals surface area contributed by atoms with Crippen LogP contribution in [0.3, 0.4) is 0 Å². The Morgan fingerprint density at radius 2 is 2.42 bits per heavy atom. The molecule has 0 aromatic carbocycles. The maximum Gasteiger partial charge on any atom is 0.266 e. The number of allylic oxidation sites excluding steroid dienone is 3. The van der Waals surface area contributed by atoms with E-state index < -0.39 is 4.92 Å². The Kier molecular flexibility index (Phi) is 2.24. The lowest BCUT2D eigenvalue weighted by Crippen LogP contribution is -2.11. The van der Waals surface area contributed by atoms with Crippen molar-refractivity contribution in [3.63, 3.8) is 0 Å². The second-order valence-electron chi connectivity index (χ2n) is 2.72. The zero-order valence-electron chi connectivity index (χ0n) is 6.60. The summed E-state index contributed by atoms with van der Waals surface area (Å²) in [5.41, 5.74) is 0.0136. The van der Waals surface area contributed by atoms with E-state index in [9.17, 15) is 10.1 Å². The molecule has 0 aromatic rings. The highest BCUT2D eigenvalue weighted by Crippen LogP contribution is 2.21. The van der Waals surface area contributed by atoms with E-state index in [0.29, 0.717) is 0 Å². The zero-order valence-corrected chi connectivity index (χ0v) is 6.60. The van der Waals surface area contributed by atoms with Crippen LogP contribution in [0.5, 0.6) is 0 Å². The lowest BCUT2D eigenvalue weighted by atomic mass is 9.90. The van der Waals surface area contributed by atoms with Crippen molar-refractivity contribution in [2.75, 3.05) is 0 Å². The molecular weight excluding hydrogens is 156 g/mol. The Morgan fingerprint density at radius 1 is 1.75 bits per heavy atom. The lowest BCUT2D eigenvalue weighted by Gasteiger charge is -2.12. The van der Waals surface area contributed by atoms with Gasteiger partial charge < -0.3 is 0 Å². The van der Waals surface area contributed by atoms with Gasteiger partial charge in [-0.15, -0.1) is 0 Å². The summed E-state index contributed by atoms with van der Waals surface area (Å²) >= 11 is 0. The largest absolute Gasteiger partial charge is 0.266 e. The highest BCUT2D eigenvalue weighted by molar-refractivity contribution is 5.23. The van der Waals surface area contributed by atoms with Crippen molar-refractivity contribution in [2.45, 2.75) is 6.92 Å². The van der Waals surface area contributed by atoms with Crippen LogP contribution in [0.15, 0.2) is 23.9 Å². The SMILES string of the molecule is CC1C=CC([N+](=O)[O-])=CC1C#N. The van der Waals surface area contributed by atoms with Crippen LogP contribution < -0.4 is 0 Å². The first kappa shape index (κ1) is 8.47. The van der Waals surface area contributed by atoms with Crippen LogP contribution in [0.2, 0.25) is 0 Å². The molecule has 0 radical (unpaired) electrons. The molecule has 1 aliphatic rings. The predicted octanol–water partition coefficient (Wildman–Crippen LogP) is 1.49. The van der Waals surface area contributed by atoms with Crippen molar-refractivity contribution in [3.8, 4) is 6.07 Å². The van der Waals surface area contributed by atoms with Crippen molar-refractivity contribution < 1.29 is 4.92 Å². The number of nitrogens with zero attached hydrogens (tertiary/aromatic N) is 2. The maximum absolute atomic E-state index is 10.3. The topological polar surface area (TPSA) is 66.9 Å². The van der Waals surface area contributed by atoms with E-state index in [4.69, 9.17) is 5.26 Å². The summed E-state index contributed by atoms with van der Waals surface area (Å²) in [5.74, 6) is -0.297. The molecule has 0 aromatic heterocycles. The van der Waals surface area contributed by atoms with E-state index in [2.05, 4.69) is 0 Å². The Morgan fingerprint density at radius 3 is 2.92 bits per heavy atom. The highest BCUT2D eigenvalue weighted by Gasteiger charge is 2.21. The molecule has 0 saturated heterocycles. The average Bonchev–Trinajstić information content (AvgIpc) is 2.05. The molecular formula is C8H8N2O2. The number of hydrogen-bond acceptors (Lipinski definition) is 3. The Labute approximate surface area is 70.0 Å². The number of hydrogen-bond donors (Lipinski definition) is 0. The minimum absolute atomic E-state index is 0.0136. The summed E-state index contributed by atoms with van der Waals surface area (Å²) < 4.78 is 0. The van der Waals surface area contributed by atoms with Crippen molar-refractivity contribution in [1.29, 1.82) is 5.26 Å². The first-order valence-electron chi connectivity index (χ1n) is 3.59. The van der Waals surface area contributed by atoms with Gasteiger partial charge in [-0.3, -0.25) is 10.1 Å². The van der Waals surface area contributed by atoms with Gasteiger partial charge in [0.2, 0.25) is 0 Å². The molecule has 12 heavy (non-hydrogen) atoms. The van der Waals surface area contributed by atoms with Crippen molar-refractivity contribution >= 4 is 0 Å². The molecule has 0 saturated carbocycles. The van der Waals surface area contributed by atoms with Crippen LogP contribution in [0, 0.1) is 33.3 Å². The lowest BCUT2D eigenvalue weighted by molar-refractivity contribution is -0.419. The van der Waals surface area contributed by atoms with Crippen molar-refractivity contribution in [1.82, 2.24) is 0 Å². The van der Waals surface area contributed by atoms with Crippen LogP contribution in [-0.4, -0.2) is 4.92 Å². The predicted molar refractivity (Wildman–Crippen MR) is 42.5 cm³/mol. The minimum atomic E-state index is -0.479. The van der Waals surface area contributed by atoms with Gasteiger partial charge in [-0.05, 0) is 5.92 Å². The molecule has 0 spiro atoms. The summed E-state index contributed by atoms with van der Waals surface area (Å²) in [7, 11) is 0. The van der Waals surface area contributed by atoms with E-state index in [1.54, 1.807) is 6.08 Å². The normalized spacial score (nSPS) is 27.5. The van der Waals surface area contributed by atoms with E-state index >= 15 is 0 Å². The van der Waals surface area contributed by atoms with Crippen LogP contribution >= 0.6 is 0 Å². The van der Waals surface area contributed by atoms with Crippen LogP contribution in [0.25, 0.3) is 0 Å². The average molecular weight is 164 g/mol. The Balaban J connectivity index is 2.90. The van der Waals surface area contributed by atoms with Crippen LogP contribution in [-0.2, 0) is 0 Å².